The van der Waals surface area contributed by atoms with E-state index in [0.717, 1.165) is 57.1 Å². The lowest BCUT2D eigenvalue weighted by molar-refractivity contribution is 0.248. The highest BCUT2D eigenvalue weighted by atomic mass is 35.5. The molecule has 1 aliphatic heterocycles. The van der Waals surface area contributed by atoms with E-state index < -0.39 is 5.69 Å². The number of benzene rings is 1. The van der Waals surface area contributed by atoms with Crippen LogP contribution in [-0.4, -0.2) is 50.2 Å². The van der Waals surface area contributed by atoms with E-state index in [4.69, 9.17) is 28.2 Å². The number of anilines is 1. The standard InChI is InChI=1S/C21H26Cl2N6O2/c1-3-4-7-29-17-18(26(2)21(31)25-19(17)30)24-20(29)28-10-8-27(9-11-28)13-14-5-6-15(22)16(23)12-14/h5-6,12H,3-4,7-11,13H2,1-2H3,(H,25,30,31). The van der Waals surface area contributed by atoms with Gasteiger partial charge in [0.1, 0.15) is 0 Å². The molecule has 0 spiro atoms. The first-order valence-electron chi connectivity index (χ1n) is 10.5. The topological polar surface area (TPSA) is 79.2 Å². The Morgan fingerprint density at radius 2 is 1.84 bits per heavy atom. The maximum Gasteiger partial charge on any atom is 0.329 e. The number of unbranched alkanes of at least 4 members (excludes halogenated alkanes) is 1. The minimum Gasteiger partial charge on any atom is -0.340 e. The number of rotatable bonds is 6. The number of aryl methyl sites for hydroxylation is 2. The largest absolute Gasteiger partial charge is 0.340 e. The average Bonchev–Trinajstić information content (AvgIpc) is 3.14. The van der Waals surface area contributed by atoms with Crippen LogP contribution >= 0.6 is 23.2 Å². The van der Waals surface area contributed by atoms with Gasteiger partial charge in [0, 0.05) is 46.3 Å². The summed E-state index contributed by atoms with van der Waals surface area (Å²) >= 11 is 12.2. The van der Waals surface area contributed by atoms with Crippen LogP contribution in [0, 0.1) is 0 Å². The minimum absolute atomic E-state index is 0.383. The number of hydrogen-bond donors (Lipinski definition) is 1. The molecule has 0 unspecified atom stereocenters. The van der Waals surface area contributed by atoms with Gasteiger partial charge in [-0.1, -0.05) is 42.6 Å². The van der Waals surface area contributed by atoms with Crippen molar-refractivity contribution in [1.82, 2.24) is 24.0 Å². The smallest absolute Gasteiger partial charge is 0.329 e. The zero-order chi connectivity index (χ0) is 22.1. The number of hydrogen-bond acceptors (Lipinski definition) is 5. The molecule has 1 aliphatic rings. The molecule has 31 heavy (non-hydrogen) atoms. The Kier molecular flexibility index (Phi) is 6.41. The molecule has 166 valence electrons. The van der Waals surface area contributed by atoms with Crippen LogP contribution < -0.4 is 16.1 Å². The summed E-state index contributed by atoms with van der Waals surface area (Å²) in [5.74, 6) is 0.754. The lowest BCUT2D eigenvalue weighted by Gasteiger charge is -2.35. The van der Waals surface area contributed by atoms with Gasteiger partial charge in [0.05, 0.1) is 10.0 Å². The van der Waals surface area contributed by atoms with Crippen LogP contribution in [0.15, 0.2) is 27.8 Å². The van der Waals surface area contributed by atoms with E-state index >= 15 is 0 Å². The van der Waals surface area contributed by atoms with Crippen molar-refractivity contribution in [2.75, 3.05) is 31.1 Å². The Hall–Kier alpha value is -2.29. The van der Waals surface area contributed by atoms with Gasteiger partial charge in [-0.3, -0.25) is 19.2 Å². The monoisotopic (exact) mass is 464 g/mol. The highest BCUT2D eigenvalue weighted by Crippen LogP contribution is 2.25. The number of piperazine rings is 1. The molecule has 0 saturated carbocycles. The van der Waals surface area contributed by atoms with Crippen LogP contribution in [0.3, 0.4) is 0 Å². The molecule has 10 heteroatoms. The molecule has 0 amide bonds. The zero-order valence-corrected chi connectivity index (χ0v) is 19.2. The third kappa shape index (κ3) is 4.37. The second-order valence-electron chi connectivity index (χ2n) is 7.92. The van der Waals surface area contributed by atoms with Crippen LogP contribution in [0.1, 0.15) is 25.3 Å². The van der Waals surface area contributed by atoms with Gasteiger partial charge in [-0.25, -0.2) is 4.79 Å². The first-order chi connectivity index (χ1) is 14.9. The molecule has 1 saturated heterocycles. The Morgan fingerprint density at radius 3 is 2.52 bits per heavy atom. The number of nitrogens with one attached hydrogen (secondary N) is 1. The first kappa shape index (κ1) is 21.9. The normalized spacial score (nSPS) is 15.2. The number of fused-ring (bicyclic) bond motifs is 1. The lowest BCUT2D eigenvalue weighted by atomic mass is 10.2. The number of nitrogens with zero attached hydrogens (tertiary/aromatic N) is 5. The fourth-order valence-corrected chi connectivity index (χ4v) is 4.32. The fraction of sp³-hybridized carbons (Fsp3) is 0.476. The van der Waals surface area contributed by atoms with Crippen molar-refractivity contribution >= 4 is 40.3 Å². The number of aromatic amines is 1. The minimum atomic E-state index is -0.448. The van der Waals surface area contributed by atoms with Crippen molar-refractivity contribution in [1.29, 1.82) is 0 Å². The van der Waals surface area contributed by atoms with E-state index in [2.05, 4.69) is 21.7 Å². The molecular formula is C21H26Cl2N6O2. The number of imidazole rings is 1. The summed E-state index contributed by atoms with van der Waals surface area (Å²) in [7, 11) is 1.64. The Labute approximate surface area is 190 Å². The van der Waals surface area contributed by atoms with Crippen molar-refractivity contribution in [2.45, 2.75) is 32.9 Å². The van der Waals surface area contributed by atoms with Crippen molar-refractivity contribution in [3.8, 4) is 0 Å². The SMILES string of the molecule is CCCCn1c(N2CCN(Cc3ccc(Cl)c(Cl)c3)CC2)nc2c1c(=O)[nH]c(=O)n2C. The Balaban J connectivity index is 1.57. The molecule has 0 bridgehead atoms. The van der Waals surface area contributed by atoms with Crippen LogP contribution in [0.5, 0.6) is 0 Å². The Bertz CT molecular complexity index is 1210. The highest BCUT2D eigenvalue weighted by Gasteiger charge is 2.24. The fourth-order valence-electron chi connectivity index (χ4n) is 3.99. The molecular weight excluding hydrogens is 439 g/mol. The van der Waals surface area contributed by atoms with E-state index in [1.54, 1.807) is 7.05 Å². The summed E-state index contributed by atoms with van der Waals surface area (Å²) in [4.78, 5) is 36.3. The first-order valence-corrected chi connectivity index (χ1v) is 11.3. The van der Waals surface area contributed by atoms with Gasteiger partial charge < -0.3 is 9.47 Å². The number of H-pyrrole nitrogens is 1. The molecule has 2 aromatic heterocycles. The summed E-state index contributed by atoms with van der Waals surface area (Å²) in [6.45, 7) is 6.86. The highest BCUT2D eigenvalue weighted by molar-refractivity contribution is 6.42. The van der Waals surface area contributed by atoms with Gasteiger partial charge in [-0.15, -0.1) is 0 Å². The van der Waals surface area contributed by atoms with Gasteiger partial charge in [-0.05, 0) is 24.1 Å². The quantitative estimate of drug-likeness (QED) is 0.606. The predicted molar refractivity (Wildman–Crippen MR) is 124 cm³/mol. The third-order valence-electron chi connectivity index (χ3n) is 5.77. The lowest BCUT2D eigenvalue weighted by Crippen LogP contribution is -2.46. The zero-order valence-electron chi connectivity index (χ0n) is 17.7. The molecule has 1 fully saturated rings. The summed E-state index contributed by atoms with van der Waals surface area (Å²) in [6.07, 6.45) is 1.93. The maximum absolute atomic E-state index is 12.6. The third-order valence-corrected chi connectivity index (χ3v) is 6.51. The Morgan fingerprint density at radius 1 is 1.10 bits per heavy atom. The summed E-state index contributed by atoms with van der Waals surface area (Å²) in [5.41, 5.74) is 1.18. The van der Waals surface area contributed by atoms with Crippen LogP contribution in [0.2, 0.25) is 10.0 Å². The van der Waals surface area contributed by atoms with Crippen LogP contribution in [0.25, 0.3) is 11.2 Å². The van der Waals surface area contributed by atoms with E-state index in [9.17, 15) is 9.59 Å². The predicted octanol–water partition coefficient (Wildman–Crippen LogP) is 2.85. The van der Waals surface area contributed by atoms with Crippen LogP contribution in [-0.2, 0) is 20.1 Å². The summed E-state index contributed by atoms with van der Waals surface area (Å²) < 4.78 is 3.37. The average molecular weight is 465 g/mol. The summed E-state index contributed by atoms with van der Waals surface area (Å²) in [5, 5.41) is 1.13. The number of aromatic nitrogens is 4. The van der Waals surface area contributed by atoms with E-state index in [1.165, 1.54) is 4.57 Å². The summed E-state index contributed by atoms with van der Waals surface area (Å²) in [6, 6.07) is 5.73. The van der Waals surface area contributed by atoms with Gasteiger partial charge in [0.15, 0.2) is 11.2 Å². The molecule has 1 aromatic carbocycles. The van der Waals surface area contributed by atoms with Gasteiger partial charge in [-0.2, -0.15) is 4.98 Å². The molecule has 0 radical (unpaired) electrons. The molecule has 3 heterocycles. The van der Waals surface area contributed by atoms with Crippen molar-refractivity contribution in [3.63, 3.8) is 0 Å². The van der Waals surface area contributed by atoms with Gasteiger partial charge in [0.25, 0.3) is 5.56 Å². The van der Waals surface area contributed by atoms with Crippen LogP contribution in [0.4, 0.5) is 5.95 Å². The van der Waals surface area contributed by atoms with Gasteiger partial charge in [0.2, 0.25) is 5.95 Å². The molecule has 4 rings (SSSR count). The van der Waals surface area contributed by atoms with E-state index in [0.29, 0.717) is 27.8 Å². The molecule has 1 N–H and O–H groups in total. The second kappa shape index (κ2) is 9.06. The van der Waals surface area contributed by atoms with Crippen molar-refractivity contribution in [2.24, 2.45) is 7.05 Å². The van der Waals surface area contributed by atoms with Gasteiger partial charge >= 0.3 is 5.69 Å². The molecule has 0 aliphatic carbocycles. The second-order valence-corrected chi connectivity index (χ2v) is 8.73. The number of halogens is 2. The van der Waals surface area contributed by atoms with Crippen molar-refractivity contribution in [3.05, 3.63) is 54.6 Å². The van der Waals surface area contributed by atoms with E-state index in [-0.39, 0.29) is 5.56 Å². The molecule has 8 nitrogen and oxygen atoms in total. The molecule has 0 atom stereocenters. The van der Waals surface area contributed by atoms with Crippen molar-refractivity contribution < 1.29 is 0 Å². The maximum atomic E-state index is 12.6. The van der Waals surface area contributed by atoms with E-state index in [1.807, 2.05) is 22.8 Å². The molecule has 3 aromatic rings.